The third-order valence-corrected chi connectivity index (χ3v) is 6.18. The minimum absolute atomic E-state index is 0.154. The van der Waals surface area contributed by atoms with Crippen LogP contribution in [0, 0.1) is 29.2 Å². The second-order valence-corrected chi connectivity index (χ2v) is 8.82. The van der Waals surface area contributed by atoms with Crippen molar-refractivity contribution < 1.29 is 40.6 Å². The highest BCUT2D eigenvalue weighted by atomic mass is 19.3. The molecule has 0 N–H and O–H groups in total. The quantitative estimate of drug-likeness (QED) is 0.173. The molecule has 0 spiro atoms. The standard InChI is InChI=1S/C28H22F6O3/c1-3-5-15-8-16-6-7-17(10-18(16)9-15)27(35)36-19-11-24(31)26(25(32)12-19)28(33,34)37-20-13-22(29)21(4-2)23(30)14-20/h4,6-7,10-15H,2-3,5,8-9H2,1H3. The van der Waals surface area contributed by atoms with Crippen molar-refractivity contribution in [3.8, 4) is 11.5 Å². The molecule has 0 fully saturated rings. The molecule has 194 valence electrons. The maximum Gasteiger partial charge on any atom is 0.432 e. The highest BCUT2D eigenvalue weighted by Crippen LogP contribution is 2.38. The van der Waals surface area contributed by atoms with Gasteiger partial charge >= 0.3 is 12.1 Å². The van der Waals surface area contributed by atoms with E-state index in [0.29, 0.717) is 30.2 Å². The average Bonchev–Trinajstić information content (AvgIpc) is 3.19. The van der Waals surface area contributed by atoms with Crippen LogP contribution in [-0.4, -0.2) is 5.97 Å². The number of fused-ring (bicyclic) bond motifs is 1. The summed E-state index contributed by atoms with van der Waals surface area (Å²) in [5, 5.41) is 0. The Balaban J connectivity index is 1.53. The summed E-state index contributed by atoms with van der Waals surface area (Å²) in [5.41, 5.74) is -0.130. The van der Waals surface area contributed by atoms with Crippen LogP contribution in [0.5, 0.6) is 11.5 Å². The van der Waals surface area contributed by atoms with Gasteiger partial charge in [0.2, 0.25) is 0 Å². The lowest BCUT2D eigenvalue weighted by Gasteiger charge is -2.20. The van der Waals surface area contributed by atoms with Crippen molar-refractivity contribution in [2.75, 3.05) is 0 Å². The molecule has 1 atom stereocenters. The average molecular weight is 520 g/mol. The number of halogens is 6. The molecule has 0 bridgehead atoms. The smallest absolute Gasteiger partial charge is 0.429 e. The van der Waals surface area contributed by atoms with E-state index in [1.165, 1.54) is 6.07 Å². The van der Waals surface area contributed by atoms with E-state index < -0.39 is 58.0 Å². The zero-order valence-corrected chi connectivity index (χ0v) is 19.7. The predicted molar refractivity (Wildman–Crippen MR) is 125 cm³/mol. The van der Waals surface area contributed by atoms with Crippen LogP contribution in [-0.2, 0) is 19.0 Å². The van der Waals surface area contributed by atoms with Crippen LogP contribution < -0.4 is 9.47 Å². The third kappa shape index (κ3) is 5.50. The lowest BCUT2D eigenvalue weighted by Crippen LogP contribution is -2.25. The van der Waals surface area contributed by atoms with Gasteiger partial charge < -0.3 is 9.47 Å². The number of hydrogen-bond acceptors (Lipinski definition) is 3. The Morgan fingerprint density at radius 2 is 1.54 bits per heavy atom. The van der Waals surface area contributed by atoms with Gasteiger partial charge in [-0.05, 0) is 42.0 Å². The topological polar surface area (TPSA) is 35.5 Å². The Hall–Kier alpha value is -3.75. The largest absolute Gasteiger partial charge is 0.432 e. The van der Waals surface area contributed by atoms with E-state index in [9.17, 15) is 31.1 Å². The lowest BCUT2D eigenvalue weighted by atomic mass is 10.0. The maximum absolute atomic E-state index is 14.6. The van der Waals surface area contributed by atoms with Crippen molar-refractivity contribution in [1.29, 1.82) is 0 Å². The normalized spacial score (nSPS) is 14.8. The molecule has 37 heavy (non-hydrogen) atoms. The number of alkyl halides is 2. The van der Waals surface area contributed by atoms with Crippen molar-refractivity contribution >= 4 is 12.0 Å². The van der Waals surface area contributed by atoms with Crippen LogP contribution >= 0.6 is 0 Å². The third-order valence-electron chi connectivity index (χ3n) is 6.18. The first kappa shape index (κ1) is 26.3. The highest BCUT2D eigenvalue weighted by molar-refractivity contribution is 5.91. The second-order valence-electron chi connectivity index (χ2n) is 8.82. The molecular formula is C28H22F6O3. The lowest BCUT2D eigenvalue weighted by molar-refractivity contribution is -0.189. The molecule has 1 aliphatic carbocycles. The van der Waals surface area contributed by atoms with Crippen molar-refractivity contribution in [2.45, 2.75) is 38.7 Å². The summed E-state index contributed by atoms with van der Waals surface area (Å²) in [4.78, 5) is 12.6. The van der Waals surface area contributed by atoms with E-state index in [1.54, 1.807) is 12.1 Å². The van der Waals surface area contributed by atoms with Crippen LogP contribution in [0.25, 0.3) is 6.08 Å². The van der Waals surface area contributed by atoms with Gasteiger partial charge in [-0.15, -0.1) is 0 Å². The van der Waals surface area contributed by atoms with Crippen molar-refractivity contribution in [2.24, 2.45) is 5.92 Å². The molecule has 0 aromatic heterocycles. The monoisotopic (exact) mass is 520 g/mol. The van der Waals surface area contributed by atoms with E-state index in [1.807, 2.05) is 0 Å². The van der Waals surface area contributed by atoms with E-state index in [2.05, 4.69) is 18.2 Å². The van der Waals surface area contributed by atoms with E-state index in [-0.39, 0.29) is 5.56 Å². The van der Waals surface area contributed by atoms with Gasteiger partial charge in [-0.1, -0.05) is 38.5 Å². The van der Waals surface area contributed by atoms with Gasteiger partial charge in [0.1, 0.15) is 40.3 Å². The molecule has 1 unspecified atom stereocenters. The fourth-order valence-electron chi connectivity index (χ4n) is 4.52. The Bertz CT molecular complexity index is 1320. The Kier molecular flexibility index (Phi) is 7.34. The molecular weight excluding hydrogens is 498 g/mol. The summed E-state index contributed by atoms with van der Waals surface area (Å²) in [7, 11) is 0. The number of carbonyl (C=O) groups is 1. The van der Waals surface area contributed by atoms with E-state index in [4.69, 9.17) is 4.74 Å². The van der Waals surface area contributed by atoms with Gasteiger partial charge in [0.05, 0.1) is 5.56 Å². The number of hydrogen-bond donors (Lipinski definition) is 0. The van der Waals surface area contributed by atoms with E-state index in [0.717, 1.165) is 42.9 Å². The van der Waals surface area contributed by atoms with Crippen LogP contribution in [0.1, 0.15) is 52.4 Å². The van der Waals surface area contributed by atoms with Gasteiger partial charge in [-0.3, -0.25) is 0 Å². The summed E-state index contributed by atoms with van der Waals surface area (Å²) in [6.45, 7) is 5.29. The molecule has 3 nitrogen and oxygen atoms in total. The Morgan fingerprint density at radius 1 is 0.946 bits per heavy atom. The van der Waals surface area contributed by atoms with Gasteiger partial charge in [0.25, 0.3) is 0 Å². The van der Waals surface area contributed by atoms with Gasteiger partial charge in [0, 0.05) is 29.8 Å². The maximum atomic E-state index is 14.6. The molecule has 0 saturated heterocycles. The molecule has 0 radical (unpaired) electrons. The van der Waals surface area contributed by atoms with Gasteiger partial charge in [-0.25, -0.2) is 22.4 Å². The first-order valence-electron chi connectivity index (χ1n) is 11.5. The molecule has 9 heteroatoms. The van der Waals surface area contributed by atoms with Crippen LogP contribution in [0.4, 0.5) is 26.3 Å². The molecule has 0 aliphatic heterocycles. The number of carbonyl (C=O) groups excluding carboxylic acids is 1. The molecule has 3 aromatic rings. The summed E-state index contributed by atoms with van der Waals surface area (Å²) >= 11 is 0. The summed E-state index contributed by atoms with van der Waals surface area (Å²) < 4.78 is 95.4. The van der Waals surface area contributed by atoms with Crippen LogP contribution in [0.15, 0.2) is 49.0 Å². The first-order valence-corrected chi connectivity index (χ1v) is 11.5. The number of esters is 1. The minimum atomic E-state index is -4.65. The second kappa shape index (κ2) is 10.3. The SMILES string of the molecule is C=Cc1c(F)cc(OC(F)(F)c2c(F)cc(OC(=O)c3ccc4c(c3)CC(CCC)C4)cc2F)cc1F. The number of ether oxygens (including phenoxy) is 2. The molecule has 4 rings (SSSR count). The number of rotatable bonds is 8. The van der Waals surface area contributed by atoms with Crippen molar-refractivity contribution in [3.63, 3.8) is 0 Å². The molecule has 0 heterocycles. The van der Waals surface area contributed by atoms with Crippen molar-refractivity contribution in [1.82, 2.24) is 0 Å². The van der Waals surface area contributed by atoms with Crippen LogP contribution in [0.3, 0.4) is 0 Å². The summed E-state index contributed by atoms with van der Waals surface area (Å²) in [6, 6.07) is 6.67. The zero-order valence-electron chi connectivity index (χ0n) is 19.7. The first-order chi connectivity index (χ1) is 17.5. The Labute approximate surface area is 209 Å². The van der Waals surface area contributed by atoms with Gasteiger partial charge in [-0.2, -0.15) is 8.78 Å². The predicted octanol–water partition coefficient (Wildman–Crippen LogP) is 7.75. The fourth-order valence-corrected chi connectivity index (χ4v) is 4.52. The number of benzene rings is 3. The molecule has 0 saturated carbocycles. The molecule has 1 aliphatic rings. The summed E-state index contributed by atoms with van der Waals surface area (Å²) in [5.74, 6) is -8.15. The minimum Gasteiger partial charge on any atom is -0.429 e. The Morgan fingerprint density at radius 3 is 2.14 bits per heavy atom. The molecule has 3 aromatic carbocycles. The molecule has 0 amide bonds. The van der Waals surface area contributed by atoms with Crippen LogP contribution in [0.2, 0.25) is 0 Å². The fraction of sp³-hybridized carbons (Fsp3) is 0.250. The zero-order chi connectivity index (χ0) is 26.9. The van der Waals surface area contributed by atoms with Crippen molar-refractivity contribution in [3.05, 3.63) is 100 Å². The summed E-state index contributed by atoms with van der Waals surface area (Å²) in [6.07, 6.45) is -0.0121. The van der Waals surface area contributed by atoms with E-state index >= 15 is 0 Å². The van der Waals surface area contributed by atoms with Gasteiger partial charge in [0.15, 0.2) is 0 Å². The highest BCUT2D eigenvalue weighted by Gasteiger charge is 2.42.